The lowest BCUT2D eigenvalue weighted by molar-refractivity contribution is 0.588. The van der Waals surface area contributed by atoms with Crippen molar-refractivity contribution >= 4 is 26.9 Å². The summed E-state index contributed by atoms with van der Waals surface area (Å²) in [6.07, 6.45) is 2.52. The number of halogens is 1. The quantitative estimate of drug-likeness (QED) is 0.844. The van der Waals surface area contributed by atoms with E-state index in [0.29, 0.717) is 0 Å². The van der Waals surface area contributed by atoms with Crippen LogP contribution in [0.15, 0.2) is 53.1 Å². The Balaban J connectivity index is 2.24. The van der Waals surface area contributed by atoms with Crippen LogP contribution in [0.25, 0.3) is 0 Å². The van der Waals surface area contributed by atoms with Crippen LogP contribution in [-0.4, -0.2) is 13.9 Å². The van der Waals surface area contributed by atoms with E-state index in [1.165, 1.54) is 5.56 Å². The highest BCUT2D eigenvalue weighted by Crippen LogP contribution is 2.21. The summed E-state index contributed by atoms with van der Waals surface area (Å²) in [5, 5.41) is 0. The van der Waals surface area contributed by atoms with Gasteiger partial charge in [-0.05, 0) is 60.8 Å². The van der Waals surface area contributed by atoms with Gasteiger partial charge in [-0.15, -0.1) is 0 Å². The van der Waals surface area contributed by atoms with Crippen LogP contribution in [0.2, 0.25) is 0 Å². The molecule has 1 aromatic heterocycles. The second-order valence-electron chi connectivity index (χ2n) is 6.14. The molecule has 118 valence electrons. The van der Waals surface area contributed by atoms with Gasteiger partial charge in [0.25, 0.3) is 0 Å². The SMILES string of the molecule is CC(C)(C)S(=O)N[C@@H](Cc1ccccc1)c1ccc(Br)cn1. The number of benzene rings is 1. The fraction of sp³-hybridized carbons (Fsp3) is 0.353. The number of pyridine rings is 1. The molecule has 0 fully saturated rings. The van der Waals surface area contributed by atoms with E-state index in [1.807, 2.05) is 51.1 Å². The molecule has 0 amide bonds. The van der Waals surface area contributed by atoms with E-state index in [0.717, 1.165) is 16.6 Å². The molecular weight excluding hydrogens is 360 g/mol. The summed E-state index contributed by atoms with van der Waals surface area (Å²) in [6, 6.07) is 14.0. The van der Waals surface area contributed by atoms with Crippen LogP contribution in [-0.2, 0) is 17.4 Å². The van der Waals surface area contributed by atoms with Crippen LogP contribution in [0.4, 0.5) is 0 Å². The van der Waals surface area contributed by atoms with E-state index in [1.54, 1.807) is 6.20 Å². The largest absolute Gasteiger partial charge is 0.258 e. The van der Waals surface area contributed by atoms with Crippen LogP contribution >= 0.6 is 15.9 Å². The first kappa shape index (κ1) is 17.3. The summed E-state index contributed by atoms with van der Waals surface area (Å²) in [5.74, 6) is 0. The van der Waals surface area contributed by atoms with Crippen LogP contribution in [0.3, 0.4) is 0 Å². The maximum absolute atomic E-state index is 12.5. The highest BCUT2D eigenvalue weighted by Gasteiger charge is 2.24. The van der Waals surface area contributed by atoms with Crippen molar-refractivity contribution in [2.24, 2.45) is 0 Å². The molecule has 0 aliphatic rings. The van der Waals surface area contributed by atoms with Gasteiger partial charge in [-0.3, -0.25) is 4.98 Å². The van der Waals surface area contributed by atoms with E-state index in [-0.39, 0.29) is 10.8 Å². The van der Waals surface area contributed by atoms with Gasteiger partial charge >= 0.3 is 0 Å². The summed E-state index contributed by atoms with van der Waals surface area (Å²) >= 11 is 3.40. The molecule has 1 heterocycles. The van der Waals surface area contributed by atoms with Crippen molar-refractivity contribution in [1.29, 1.82) is 0 Å². The Hall–Kier alpha value is -1.04. The molecule has 2 rings (SSSR count). The van der Waals surface area contributed by atoms with Gasteiger partial charge in [0.05, 0.1) is 27.5 Å². The molecule has 0 bridgehead atoms. The van der Waals surface area contributed by atoms with Gasteiger partial charge in [0.15, 0.2) is 0 Å². The fourth-order valence-corrected chi connectivity index (χ4v) is 3.01. The van der Waals surface area contributed by atoms with Crippen LogP contribution in [0.1, 0.15) is 38.1 Å². The van der Waals surface area contributed by atoms with Crippen molar-refractivity contribution in [3.05, 3.63) is 64.4 Å². The molecule has 1 aromatic carbocycles. The molecule has 0 aliphatic heterocycles. The number of rotatable bonds is 5. The monoisotopic (exact) mass is 380 g/mol. The summed E-state index contributed by atoms with van der Waals surface area (Å²) in [5.41, 5.74) is 2.08. The van der Waals surface area contributed by atoms with Crippen molar-refractivity contribution in [3.63, 3.8) is 0 Å². The lowest BCUT2D eigenvalue weighted by Crippen LogP contribution is -2.36. The van der Waals surface area contributed by atoms with Gasteiger partial charge in [-0.2, -0.15) is 0 Å². The maximum Gasteiger partial charge on any atom is 0.0976 e. The molecule has 22 heavy (non-hydrogen) atoms. The highest BCUT2D eigenvalue weighted by molar-refractivity contribution is 9.10. The average Bonchev–Trinajstić information content (AvgIpc) is 2.47. The van der Waals surface area contributed by atoms with Crippen molar-refractivity contribution < 1.29 is 4.21 Å². The number of hydrogen-bond acceptors (Lipinski definition) is 2. The minimum Gasteiger partial charge on any atom is -0.258 e. The van der Waals surface area contributed by atoms with Crippen molar-refractivity contribution in [2.75, 3.05) is 0 Å². The number of nitrogens with zero attached hydrogens (tertiary/aromatic N) is 1. The molecule has 0 saturated carbocycles. The van der Waals surface area contributed by atoms with Crippen LogP contribution in [0, 0.1) is 0 Å². The third kappa shape index (κ3) is 5.00. The molecule has 0 radical (unpaired) electrons. The van der Waals surface area contributed by atoms with Crippen LogP contribution < -0.4 is 4.72 Å². The van der Waals surface area contributed by atoms with Crippen molar-refractivity contribution in [1.82, 2.24) is 9.71 Å². The Kier molecular flexibility index (Phi) is 5.89. The molecule has 1 unspecified atom stereocenters. The zero-order valence-corrected chi connectivity index (χ0v) is 15.4. The minimum atomic E-state index is -1.15. The molecule has 0 spiro atoms. The Morgan fingerprint density at radius 1 is 1.18 bits per heavy atom. The second kappa shape index (κ2) is 7.49. The normalized spacial score (nSPS) is 14.5. The Labute approximate surface area is 143 Å². The Bertz CT molecular complexity index is 623. The number of hydrogen-bond donors (Lipinski definition) is 1. The van der Waals surface area contributed by atoms with E-state index in [2.05, 4.69) is 37.8 Å². The second-order valence-corrected chi connectivity index (χ2v) is 9.06. The van der Waals surface area contributed by atoms with Gasteiger partial charge in [-0.25, -0.2) is 8.93 Å². The fourth-order valence-electron chi connectivity index (χ4n) is 1.96. The smallest absolute Gasteiger partial charge is 0.0976 e. The molecule has 0 aliphatic carbocycles. The third-order valence-electron chi connectivity index (χ3n) is 3.20. The minimum absolute atomic E-state index is 0.0874. The molecule has 5 heteroatoms. The summed E-state index contributed by atoms with van der Waals surface area (Å²) in [7, 11) is -1.15. The van der Waals surface area contributed by atoms with E-state index < -0.39 is 11.0 Å². The summed E-state index contributed by atoms with van der Waals surface area (Å²) < 4.78 is 16.3. The first-order valence-electron chi connectivity index (χ1n) is 7.19. The standard InChI is InChI=1S/C17H21BrN2OS/c1-17(2,3)22(21)20-16(11-13-7-5-4-6-8-13)15-10-9-14(18)12-19-15/h4-10,12,16,20H,11H2,1-3H3/t16-,22?/m0/s1. The van der Waals surface area contributed by atoms with Crippen molar-refractivity contribution in [2.45, 2.75) is 38.0 Å². The Morgan fingerprint density at radius 3 is 2.41 bits per heavy atom. The molecule has 0 saturated heterocycles. The van der Waals surface area contributed by atoms with Gasteiger partial charge < -0.3 is 0 Å². The first-order chi connectivity index (χ1) is 10.4. The Morgan fingerprint density at radius 2 is 1.86 bits per heavy atom. The topological polar surface area (TPSA) is 42.0 Å². The number of nitrogens with one attached hydrogen (secondary N) is 1. The molecule has 1 N–H and O–H groups in total. The van der Waals surface area contributed by atoms with Gasteiger partial charge in [0.1, 0.15) is 0 Å². The summed E-state index contributed by atoms with van der Waals surface area (Å²) in [6.45, 7) is 5.89. The first-order valence-corrected chi connectivity index (χ1v) is 9.14. The van der Waals surface area contributed by atoms with Crippen molar-refractivity contribution in [3.8, 4) is 0 Å². The van der Waals surface area contributed by atoms with Crippen LogP contribution in [0.5, 0.6) is 0 Å². The third-order valence-corrected chi connectivity index (χ3v) is 5.28. The predicted octanol–water partition coefficient (Wildman–Crippen LogP) is 4.18. The number of aromatic nitrogens is 1. The highest BCUT2D eigenvalue weighted by atomic mass is 79.9. The average molecular weight is 381 g/mol. The summed E-state index contributed by atoms with van der Waals surface area (Å²) in [4.78, 5) is 4.47. The van der Waals surface area contributed by atoms with E-state index >= 15 is 0 Å². The lowest BCUT2D eigenvalue weighted by Gasteiger charge is -2.24. The molecular formula is C17H21BrN2OS. The van der Waals surface area contributed by atoms with E-state index in [4.69, 9.17) is 0 Å². The molecule has 2 aromatic rings. The van der Waals surface area contributed by atoms with Gasteiger partial charge in [-0.1, -0.05) is 30.3 Å². The predicted molar refractivity (Wildman–Crippen MR) is 95.9 cm³/mol. The lowest BCUT2D eigenvalue weighted by atomic mass is 10.0. The van der Waals surface area contributed by atoms with E-state index in [9.17, 15) is 4.21 Å². The zero-order valence-electron chi connectivity index (χ0n) is 13.0. The molecule has 3 nitrogen and oxygen atoms in total. The maximum atomic E-state index is 12.5. The van der Waals surface area contributed by atoms with Gasteiger partial charge in [0.2, 0.25) is 0 Å². The zero-order chi connectivity index (χ0) is 16.2. The molecule has 2 atom stereocenters. The van der Waals surface area contributed by atoms with Gasteiger partial charge in [0, 0.05) is 10.7 Å².